The summed E-state index contributed by atoms with van der Waals surface area (Å²) < 4.78 is 5.20. The van der Waals surface area contributed by atoms with Gasteiger partial charge in [0.2, 0.25) is 5.95 Å². The number of hydrogen-bond donors (Lipinski definition) is 1. The molecule has 7 heteroatoms. The second kappa shape index (κ2) is 7.95. The molecule has 1 aliphatic heterocycles. The molecule has 2 aromatic carbocycles. The van der Waals surface area contributed by atoms with Gasteiger partial charge in [0, 0.05) is 53.1 Å². The van der Waals surface area contributed by atoms with E-state index in [-0.39, 0.29) is 12.0 Å². The van der Waals surface area contributed by atoms with Crippen molar-refractivity contribution in [3.8, 4) is 16.9 Å². The molecule has 0 saturated carbocycles. The average Bonchev–Trinajstić information content (AvgIpc) is 3.10. The summed E-state index contributed by atoms with van der Waals surface area (Å²) in [5.74, 6) is 1.59. The van der Waals surface area contributed by atoms with Gasteiger partial charge in [0.15, 0.2) is 0 Å². The lowest BCUT2D eigenvalue weighted by Crippen LogP contribution is -2.29. The standard InChI is InChI=1S/C21H20Cl2N4O/c1-28-16-5-2-13(3-6-16)14-9-25-21(26-10-14)27-11-18(20(24)12-27)17-7-4-15(22)8-19(17)23/h2-10,18,20H,11-12,24H2,1H3. The summed E-state index contributed by atoms with van der Waals surface area (Å²) in [6, 6.07) is 13.3. The summed E-state index contributed by atoms with van der Waals surface area (Å²) in [5, 5.41) is 1.26. The molecule has 1 fully saturated rings. The number of rotatable bonds is 4. The van der Waals surface area contributed by atoms with Crippen LogP contribution < -0.4 is 15.4 Å². The highest BCUT2D eigenvalue weighted by atomic mass is 35.5. The van der Waals surface area contributed by atoms with Crippen molar-refractivity contribution >= 4 is 29.2 Å². The van der Waals surface area contributed by atoms with E-state index in [1.807, 2.05) is 48.8 Å². The minimum Gasteiger partial charge on any atom is -0.497 e. The first-order valence-electron chi connectivity index (χ1n) is 8.97. The molecule has 1 aliphatic rings. The maximum absolute atomic E-state index is 6.39. The van der Waals surface area contributed by atoms with Crippen molar-refractivity contribution in [1.29, 1.82) is 0 Å². The molecule has 1 saturated heterocycles. The number of halogens is 2. The maximum atomic E-state index is 6.39. The van der Waals surface area contributed by atoms with Gasteiger partial charge >= 0.3 is 0 Å². The molecule has 0 spiro atoms. The number of nitrogens with zero attached hydrogens (tertiary/aromatic N) is 3. The molecule has 0 aliphatic carbocycles. The number of hydrogen-bond acceptors (Lipinski definition) is 5. The molecule has 3 aromatic rings. The summed E-state index contributed by atoms with van der Waals surface area (Å²) >= 11 is 12.4. The molecule has 0 bridgehead atoms. The summed E-state index contributed by atoms with van der Waals surface area (Å²) in [5.41, 5.74) is 9.39. The van der Waals surface area contributed by atoms with Crippen LogP contribution in [0.2, 0.25) is 10.0 Å². The first kappa shape index (κ1) is 19.0. The number of benzene rings is 2. The molecular formula is C21H20Cl2N4O. The van der Waals surface area contributed by atoms with Crippen LogP contribution in [0.15, 0.2) is 54.9 Å². The van der Waals surface area contributed by atoms with Crippen LogP contribution in [0.4, 0.5) is 5.95 Å². The van der Waals surface area contributed by atoms with E-state index in [4.69, 9.17) is 33.7 Å². The Labute approximate surface area is 174 Å². The topological polar surface area (TPSA) is 64.3 Å². The predicted octanol–water partition coefficient (Wildman–Crippen LogP) is 4.39. The fourth-order valence-electron chi connectivity index (χ4n) is 3.54. The van der Waals surface area contributed by atoms with Crippen LogP contribution in [0.25, 0.3) is 11.1 Å². The Balaban J connectivity index is 1.51. The molecule has 28 heavy (non-hydrogen) atoms. The minimum atomic E-state index is -0.0523. The highest BCUT2D eigenvalue weighted by Gasteiger charge is 2.33. The summed E-state index contributed by atoms with van der Waals surface area (Å²) in [6.45, 7) is 1.38. The van der Waals surface area contributed by atoms with Gasteiger partial charge in [-0.05, 0) is 35.4 Å². The van der Waals surface area contributed by atoms with Gasteiger partial charge in [0.1, 0.15) is 5.75 Å². The summed E-state index contributed by atoms with van der Waals surface area (Å²) in [7, 11) is 1.65. The third-order valence-corrected chi connectivity index (χ3v) is 5.63. The fraction of sp³-hybridized carbons (Fsp3) is 0.238. The first-order chi connectivity index (χ1) is 13.5. The van der Waals surface area contributed by atoms with Crippen LogP contribution in [0, 0.1) is 0 Å². The van der Waals surface area contributed by atoms with Gasteiger partial charge in [-0.1, -0.05) is 41.4 Å². The monoisotopic (exact) mass is 414 g/mol. The molecule has 2 atom stereocenters. The Hall–Kier alpha value is -2.34. The maximum Gasteiger partial charge on any atom is 0.225 e. The normalized spacial score (nSPS) is 19.1. The van der Waals surface area contributed by atoms with E-state index in [0.717, 1.165) is 22.4 Å². The molecule has 2 N–H and O–H groups in total. The zero-order chi connectivity index (χ0) is 19.7. The molecule has 0 radical (unpaired) electrons. The number of ether oxygens (including phenoxy) is 1. The molecule has 2 heterocycles. The van der Waals surface area contributed by atoms with E-state index < -0.39 is 0 Å². The van der Waals surface area contributed by atoms with E-state index >= 15 is 0 Å². The van der Waals surface area contributed by atoms with Gasteiger partial charge < -0.3 is 15.4 Å². The summed E-state index contributed by atoms with van der Waals surface area (Å²) in [6.07, 6.45) is 3.66. The molecule has 4 rings (SSSR count). The van der Waals surface area contributed by atoms with Crippen LogP contribution in [0.3, 0.4) is 0 Å². The van der Waals surface area contributed by atoms with Gasteiger partial charge in [-0.15, -0.1) is 0 Å². The lowest BCUT2D eigenvalue weighted by Gasteiger charge is -2.17. The second-order valence-corrected chi connectivity index (χ2v) is 7.69. The average molecular weight is 415 g/mol. The quantitative estimate of drug-likeness (QED) is 0.685. The Morgan fingerprint density at radius 3 is 2.36 bits per heavy atom. The van der Waals surface area contributed by atoms with Crippen molar-refractivity contribution in [2.45, 2.75) is 12.0 Å². The second-order valence-electron chi connectivity index (χ2n) is 6.84. The van der Waals surface area contributed by atoms with Crippen LogP contribution in [-0.4, -0.2) is 36.2 Å². The van der Waals surface area contributed by atoms with E-state index in [0.29, 0.717) is 29.1 Å². The highest BCUT2D eigenvalue weighted by Crippen LogP contribution is 2.34. The zero-order valence-corrected chi connectivity index (χ0v) is 16.9. The van der Waals surface area contributed by atoms with E-state index in [1.54, 1.807) is 13.2 Å². The van der Waals surface area contributed by atoms with Crippen LogP contribution in [0.1, 0.15) is 11.5 Å². The van der Waals surface area contributed by atoms with Crippen molar-refractivity contribution < 1.29 is 4.74 Å². The molecule has 5 nitrogen and oxygen atoms in total. The van der Waals surface area contributed by atoms with Gasteiger partial charge in [0.25, 0.3) is 0 Å². The summed E-state index contributed by atoms with van der Waals surface area (Å²) in [4.78, 5) is 11.2. The minimum absolute atomic E-state index is 0.0523. The molecule has 1 aromatic heterocycles. The van der Waals surface area contributed by atoms with Gasteiger partial charge in [-0.2, -0.15) is 0 Å². The van der Waals surface area contributed by atoms with Gasteiger partial charge in [-0.3, -0.25) is 0 Å². The van der Waals surface area contributed by atoms with Gasteiger partial charge in [0.05, 0.1) is 7.11 Å². The highest BCUT2D eigenvalue weighted by molar-refractivity contribution is 6.35. The SMILES string of the molecule is COc1ccc(-c2cnc(N3CC(N)C(c4ccc(Cl)cc4Cl)C3)nc2)cc1. The van der Waals surface area contributed by atoms with Gasteiger partial charge in [-0.25, -0.2) is 9.97 Å². The largest absolute Gasteiger partial charge is 0.497 e. The van der Waals surface area contributed by atoms with E-state index in [1.165, 1.54) is 0 Å². The first-order valence-corrected chi connectivity index (χ1v) is 9.72. The molecule has 2 unspecified atom stereocenters. The Bertz CT molecular complexity index is 963. The Morgan fingerprint density at radius 1 is 1.00 bits per heavy atom. The van der Waals surface area contributed by atoms with Crippen LogP contribution >= 0.6 is 23.2 Å². The Morgan fingerprint density at radius 2 is 1.71 bits per heavy atom. The van der Waals surface area contributed by atoms with Crippen molar-refractivity contribution in [3.63, 3.8) is 0 Å². The third-order valence-electron chi connectivity index (χ3n) is 5.07. The molecular weight excluding hydrogens is 395 g/mol. The number of methoxy groups -OCH3 is 1. The van der Waals surface area contributed by atoms with Crippen LogP contribution in [0.5, 0.6) is 5.75 Å². The zero-order valence-electron chi connectivity index (χ0n) is 15.3. The van der Waals surface area contributed by atoms with Crippen molar-refractivity contribution in [1.82, 2.24) is 9.97 Å². The van der Waals surface area contributed by atoms with Crippen molar-refractivity contribution in [3.05, 3.63) is 70.5 Å². The van der Waals surface area contributed by atoms with Crippen molar-refractivity contribution in [2.75, 3.05) is 25.1 Å². The predicted molar refractivity (Wildman–Crippen MR) is 113 cm³/mol. The number of anilines is 1. The van der Waals surface area contributed by atoms with E-state index in [9.17, 15) is 0 Å². The van der Waals surface area contributed by atoms with E-state index in [2.05, 4.69) is 14.9 Å². The lowest BCUT2D eigenvalue weighted by atomic mass is 9.95. The number of aromatic nitrogens is 2. The third kappa shape index (κ3) is 3.78. The smallest absolute Gasteiger partial charge is 0.225 e. The lowest BCUT2D eigenvalue weighted by molar-refractivity contribution is 0.415. The fourth-order valence-corrected chi connectivity index (χ4v) is 4.09. The molecule has 0 amide bonds. The molecule has 144 valence electrons. The number of nitrogens with two attached hydrogens (primary N) is 1. The van der Waals surface area contributed by atoms with Crippen LogP contribution in [-0.2, 0) is 0 Å². The van der Waals surface area contributed by atoms with Crippen molar-refractivity contribution in [2.24, 2.45) is 5.73 Å². The Kier molecular flexibility index (Phi) is 5.40.